The topological polar surface area (TPSA) is 84.2 Å². The summed E-state index contributed by atoms with van der Waals surface area (Å²) in [5, 5.41) is 7.04. The van der Waals surface area contributed by atoms with Gasteiger partial charge in [0.25, 0.3) is 0 Å². The minimum Gasteiger partial charge on any atom is -0.355 e. The molecule has 25 heavy (non-hydrogen) atoms. The quantitative estimate of drug-likeness (QED) is 0.866. The van der Waals surface area contributed by atoms with Crippen molar-refractivity contribution in [3.63, 3.8) is 0 Å². The fourth-order valence-electron chi connectivity index (χ4n) is 2.97. The number of anilines is 1. The molecule has 1 atom stereocenters. The van der Waals surface area contributed by atoms with Gasteiger partial charge in [0, 0.05) is 44.1 Å². The number of hydrogen-bond donors (Lipinski definition) is 1. The Morgan fingerprint density at radius 3 is 3.04 bits per heavy atom. The van der Waals surface area contributed by atoms with Gasteiger partial charge in [0.1, 0.15) is 5.82 Å². The minimum absolute atomic E-state index is 0.0252. The zero-order chi connectivity index (χ0) is 17.6. The van der Waals surface area contributed by atoms with E-state index in [9.17, 15) is 4.79 Å². The van der Waals surface area contributed by atoms with E-state index in [2.05, 4.69) is 25.3 Å². The first kappa shape index (κ1) is 17.4. The predicted molar refractivity (Wildman–Crippen MR) is 94.3 cm³/mol. The molecule has 2 aromatic rings. The van der Waals surface area contributed by atoms with Crippen molar-refractivity contribution in [3.8, 4) is 0 Å². The van der Waals surface area contributed by atoms with Crippen molar-refractivity contribution < 1.29 is 9.32 Å². The molecule has 7 heteroatoms. The van der Waals surface area contributed by atoms with Crippen molar-refractivity contribution in [2.45, 2.75) is 51.5 Å². The first-order chi connectivity index (χ1) is 12.1. The second-order valence-corrected chi connectivity index (χ2v) is 6.74. The number of aromatic nitrogens is 3. The summed E-state index contributed by atoms with van der Waals surface area (Å²) >= 11 is 0. The molecule has 1 unspecified atom stereocenters. The van der Waals surface area contributed by atoms with E-state index >= 15 is 0 Å². The van der Waals surface area contributed by atoms with Crippen LogP contribution >= 0.6 is 0 Å². The third kappa shape index (κ3) is 4.78. The third-order valence-corrected chi connectivity index (χ3v) is 4.33. The number of carbonyl (C=O) groups is 1. The molecule has 7 nitrogen and oxygen atoms in total. The lowest BCUT2D eigenvalue weighted by Gasteiger charge is -2.33. The smallest absolute Gasteiger partial charge is 0.227 e. The van der Waals surface area contributed by atoms with Gasteiger partial charge in [0.15, 0.2) is 5.82 Å². The molecule has 3 rings (SSSR count). The van der Waals surface area contributed by atoms with Gasteiger partial charge in [-0.15, -0.1) is 0 Å². The number of nitrogens with one attached hydrogen (secondary N) is 1. The van der Waals surface area contributed by atoms with Gasteiger partial charge < -0.3 is 14.7 Å². The Balaban J connectivity index is 1.47. The average Bonchev–Trinajstić information content (AvgIpc) is 3.10. The molecule has 0 bridgehead atoms. The fourth-order valence-corrected chi connectivity index (χ4v) is 2.97. The van der Waals surface area contributed by atoms with Crippen LogP contribution in [0.4, 0.5) is 5.82 Å². The third-order valence-electron chi connectivity index (χ3n) is 4.33. The first-order valence-electron chi connectivity index (χ1n) is 8.89. The summed E-state index contributed by atoms with van der Waals surface area (Å²) < 4.78 is 5.18. The first-order valence-corrected chi connectivity index (χ1v) is 8.89. The van der Waals surface area contributed by atoms with Gasteiger partial charge in [-0.2, -0.15) is 4.98 Å². The van der Waals surface area contributed by atoms with Gasteiger partial charge in [-0.1, -0.05) is 25.1 Å². The van der Waals surface area contributed by atoms with E-state index in [4.69, 9.17) is 4.52 Å². The molecule has 0 saturated carbocycles. The number of aryl methyl sites for hydroxylation is 1. The summed E-state index contributed by atoms with van der Waals surface area (Å²) in [4.78, 5) is 23.2. The second-order valence-electron chi connectivity index (χ2n) is 6.74. The number of piperidine rings is 1. The maximum absolute atomic E-state index is 12.2. The monoisotopic (exact) mass is 343 g/mol. The largest absolute Gasteiger partial charge is 0.355 e. The van der Waals surface area contributed by atoms with Crippen molar-refractivity contribution in [1.82, 2.24) is 20.4 Å². The van der Waals surface area contributed by atoms with E-state index in [0.717, 1.165) is 31.7 Å². The molecule has 0 spiro atoms. The zero-order valence-corrected chi connectivity index (χ0v) is 14.8. The van der Waals surface area contributed by atoms with Crippen molar-refractivity contribution in [2.24, 2.45) is 0 Å². The van der Waals surface area contributed by atoms with Crippen LogP contribution in [0, 0.1) is 0 Å². The Hall–Kier alpha value is -2.44. The fraction of sp³-hybridized carbons (Fsp3) is 0.556. The van der Waals surface area contributed by atoms with E-state index < -0.39 is 0 Å². The van der Waals surface area contributed by atoms with Crippen LogP contribution in [0.2, 0.25) is 0 Å². The molecule has 1 aliphatic rings. The maximum Gasteiger partial charge on any atom is 0.227 e. The van der Waals surface area contributed by atoms with Crippen LogP contribution in [0.3, 0.4) is 0 Å². The molecule has 0 aromatic carbocycles. The lowest BCUT2D eigenvalue weighted by Crippen LogP contribution is -2.48. The van der Waals surface area contributed by atoms with E-state index in [0.29, 0.717) is 24.6 Å². The zero-order valence-electron chi connectivity index (χ0n) is 14.8. The van der Waals surface area contributed by atoms with Crippen molar-refractivity contribution in [1.29, 1.82) is 0 Å². The summed E-state index contributed by atoms with van der Waals surface area (Å²) in [5.74, 6) is 2.43. The molecule has 3 heterocycles. The second kappa shape index (κ2) is 8.09. The van der Waals surface area contributed by atoms with Gasteiger partial charge in [-0.25, -0.2) is 4.98 Å². The highest BCUT2D eigenvalue weighted by atomic mass is 16.5. The number of amides is 1. The van der Waals surface area contributed by atoms with Crippen LogP contribution in [-0.2, 0) is 11.2 Å². The van der Waals surface area contributed by atoms with Crippen molar-refractivity contribution in [3.05, 3.63) is 36.1 Å². The Bertz CT molecular complexity index is 686. The van der Waals surface area contributed by atoms with Crippen LogP contribution in [0.15, 0.2) is 28.9 Å². The van der Waals surface area contributed by atoms with E-state index in [1.165, 1.54) is 0 Å². The molecular weight excluding hydrogens is 318 g/mol. The van der Waals surface area contributed by atoms with E-state index in [1.54, 1.807) is 6.20 Å². The Kier molecular flexibility index (Phi) is 5.63. The molecule has 1 aliphatic heterocycles. The molecule has 2 aromatic heterocycles. The number of nitrogens with zero attached hydrogens (tertiary/aromatic N) is 4. The molecule has 134 valence electrons. The molecule has 1 saturated heterocycles. The van der Waals surface area contributed by atoms with Gasteiger partial charge in [-0.05, 0) is 25.0 Å². The number of rotatable bonds is 6. The molecule has 1 amide bonds. The highest BCUT2D eigenvalue weighted by molar-refractivity contribution is 5.76. The highest BCUT2D eigenvalue weighted by Crippen LogP contribution is 2.17. The Morgan fingerprint density at radius 2 is 2.32 bits per heavy atom. The van der Waals surface area contributed by atoms with Gasteiger partial charge in [0.2, 0.25) is 11.8 Å². The number of hydrogen-bond acceptors (Lipinski definition) is 6. The highest BCUT2D eigenvalue weighted by Gasteiger charge is 2.22. The summed E-state index contributed by atoms with van der Waals surface area (Å²) in [7, 11) is 0. The number of carbonyl (C=O) groups excluding carboxylic acids is 1. The lowest BCUT2D eigenvalue weighted by molar-refractivity contribution is -0.121. The van der Waals surface area contributed by atoms with Crippen LogP contribution in [0.25, 0.3) is 0 Å². The minimum atomic E-state index is 0.0252. The average molecular weight is 343 g/mol. The Morgan fingerprint density at radius 1 is 1.44 bits per heavy atom. The Labute approximate surface area is 147 Å². The lowest BCUT2D eigenvalue weighted by atomic mass is 10.1. The normalized spacial score (nSPS) is 17.7. The van der Waals surface area contributed by atoms with Crippen LogP contribution in [-0.4, -0.2) is 40.2 Å². The molecule has 1 fully saturated rings. The molecule has 0 aliphatic carbocycles. The molecule has 0 radical (unpaired) electrons. The van der Waals surface area contributed by atoms with Crippen LogP contribution in [0.1, 0.15) is 50.7 Å². The van der Waals surface area contributed by atoms with E-state index in [-0.39, 0.29) is 17.9 Å². The molecular formula is C18H25N5O2. The standard InChI is InChI=1S/C18H25N5O2/c1-13(2)18-21-17(25-22-18)9-8-16(24)20-14-6-5-11-23(12-14)15-7-3-4-10-19-15/h3-4,7,10,13-14H,5-6,8-9,11-12H2,1-2H3,(H,20,24). The van der Waals surface area contributed by atoms with E-state index in [1.807, 2.05) is 32.0 Å². The van der Waals surface area contributed by atoms with Crippen molar-refractivity contribution in [2.75, 3.05) is 18.0 Å². The number of pyridine rings is 1. The van der Waals surface area contributed by atoms with Gasteiger partial charge >= 0.3 is 0 Å². The van der Waals surface area contributed by atoms with Crippen molar-refractivity contribution >= 4 is 11.7 Å². The van der Waals surface area contributed by atoms with Crippen LogP contribution < -0.4 is 10.2 Å². The summed E-state index contributed by atoms with van der Waals surface area (Å²) in [6.07, 6.45) is 4.67. The maximum atomic E-state index is 12.2. The van der Waals surface area contributed by atoms with Crippen LogP contribution in [0.5, 0.6) is 0 Å². The van der Waals surface area contributed by atoms with Gasteiger partial charge in [0.05, 0.1) is 0 Å². The molecule has 1 N–H and O–H groups in total. The SMILES string of the molecule is CC(C)c1noc(CCC(=O)NC2CCCN(c3ccccn3)C2)n1. The summed E-state index contributed by atoms with van der Waals surface area (Å²) in [6, 6.07) is 6.05. The summed E-state index contributed by atoms with van der Waals surface area (Å²) in [6.45, 7) is 5.79. The van der Waals surface area contributed by atoms with Gasteiger partial charge in [-0.3, -0.25) is 4.79 Å². The summed E-state index contributed by atoms with van der Waals surface area (Å²) in [5.41, 5.74) is 0. The predicted octanol–water partition coefficient (Wildman–Crippen LogP) is 2.31.